The van der Waals surface area contributed by atoms with Crippen LogP contribution in [-0.4, -0.2) is 67.2 Å². The van der Waals surface area contributed by atoms with Crippen molar-refractivity contribution in [3.05, 3.63) is 59.4 Å². The molecule has 1 aliphatic heterocycles. The van der Waals surface area contributed by atoms with Crippen LogP contribution in [-0.2, 0) is 24.0 Å². The lowest BCUT2D eigenvalue weighted by molar-refractivity contribution is -0.802. The van der Waals surface area contributed by atoms with Gasteiger partial charge < -0.3 is 29.5 Å². The number of carbonyl (C=O) groups is 1. The maximum atomic E-state index is 14.1. The van der Waals surface area contributed by atoms with E-state index >= 15 is 0 Å². The molecule has 0 spiro atoms. The van der Waals surface area contributed by atoms with Gasteiger partial charge >= 0.3 is 0 Å². The predicted octanol–water partition coefficient (Wildman–Crippen LogP) is 3.55. The number of ketones is 1. The Kier molecular flexibility index (Phi) is 7.08. The Morgan fingerprint density at radius 2 is 1.77 bits per heavy atom. The molecule has 0 N–H and O–H groups in total. The highest BCUT2D eigenvalue weighted by atomic mass is 35.5. The van der Waals surface area contributed by atoms with Gasteiger partial charge in [-0.3, -0.25) is 4.79 Å². The van der Waals surface area contributed by atoms with Crippen LogP contribution in [0.25, 0.3) is 0 Å². The fourth-order valence-corrected chi connectivity index (χ4v) is 10.00. The van der Waals surface area contributed by atoms with Gasteiger partial charge in [-0.05, 0) is 69.4 Å². The molecule has 0 radical (unpaired) electrons. The molecule has 1 heterocycles. The summed E-state index contributed by atoms with van der Waals surface area (Å²) in [5.41, 5.74) is -7.82. The van der Waals surface area contributed by atoms with Gasteiger partial charge in [0.2, 0.25) is 0 Å². The molecule has 5 aliphatic rings. The third kappa shape index (κ3) is 3.95. The third-order valence-electron chi connectivity index (χ3n) is 11.1. The lowest BCUT2D eigenvalue weighted by Crippen LogP contribution is -2.77. The molecule has 17 heteroatoms. The Morgan fingerprint density at radius 3 is 2.33 bits per heavy atom. The summed E-state index contributed by atoms with van der Waals surface area (Å²) >= 11 is 7.57. The quantitative estimate of drug-likeness (QED) is 0.214. The van der Waals surface area contributed by atoms with Gasteiger partial charge in [0.1, 0.15) is 12.7 Å². The number of halogens is 1. The van der Waals surface area contributed by atoms with Crippen LogP contribution in [0, 0.1) is 64.1 Å². The molecule has 0 aromatic carbocycles. The molecule has 3 saturated carbocycles. The highest BCUT2D eigenvalue weighted by molar-refractivity contribution is 6.26. The molecule has 0 aromatic heterocycles. The first-order valence-electron chi connectivity index (χ1n) is 14.0. The molecule has 1 saturated heterocycles. The van der Waals surface area contributed by atoms with Crippen LogP contribution >= 0.6 is 11.6 Å². The molecule has 5 rings (SSSR count). The summed E-state index contributed by atoms with van der Waals surface area (Å²) in [6, 6.07) is 0. The number of ether oxygens (including phenoxy) is 1. The molecule has 0 bridgehead atoms. The van der Waals surface area contributed by atoms with E-state index in [0.29, 0.717) is 23.5 Å². The second kappa shape index (κ2) is 9.71. The van der Waals surface area contributed by atoms with Crippen LogP contribution in [0.2, 0.25) is 0 Å². The van der Waals surface area contributed by atoms with Crippen molar-refractivity contribution in [2.75, 3.05) is 13.2 Å². The monoisotopic (exact) mass is 629 g/mol. The normalized spacial score (nSPS) is 44.9. The van der Waals surface area contributed by atoms with Crippen LogP contribution in [0.1, 0.15) is 60.3 Å². The number of fused-ring (bicyclic) bond motifs is 5. The van der Waals surface area contributed by atoms with Gasteiger partial charge in [-0.2, -0.15) is 0 Å². The summed E-state index contributed by atoms with van der Waals surface area (Å²) < 4.78 is 6.08. The largest absolute Gasteiger partial charge is 0.783 e. The Morgan fingerprint density at radius 1 is 1.09 bits per heavy atom. The maximum Gasteiger partial charge on any atom is 0.295 e. The fraction of sp³-hybridized carbons (Fsp3) is 0.808. The summed E-state index contributed by atoms with van der Waals surface area (Å²) in [7, 11) is 0. The van der Waals surface area contributed by atoms with Crippen LogP contribution < -0.4 is 0 Å². The van der Waals surface area contributed by atoms with Crippen LogP contribution in [0.4, 0.5) is 0 Å². The van der Waals surface area contributed by atoms with E-state index in [-0.39, 0.29) is 25.2 Å². The van der Waals surface area contributed by atoms with Gasteiger partial charge in [-0.15, -0.1) is 41.9 Å². The standard InChI is InChI=1S/C26H34ClN4O12/c1-15-10-19-18-7-6-16-11-17(32)8-9-22(16,4)25(18,27)20(42-30(36)37)12-23(19,5)26(15,43-31(38)39)24(14-41-29(34)35)28(33)21(2,3)13-40-24/h8-9,11,15,18-20H,6-7,10,12-14H2,1-5H3/q-1/t15-,18?,19?,20-,22-,23-,24?,25-,26+/m0/s1. The molecule has 4 aliphatic carbocycles. The number of alkyl halides is 1. The van der Waals surface area contributed by atoms with E-state index in [1.165, 1.54) is 26.0 Å². The number of allylic oxidation sites excluding steroid dienone is 4. The van der Waals surface area contributed by atoms with Gasteiger partial charge in [0.15, 0.2) is 17.1 Å². The average Bonchev–Trinajstić information content (AvgIpc) is 3.26. The van der Waals surface area contributed by atoms with Crippen LogP contribution in [0.15, 0.2) is 23.8 Å². The van der Waals surface area contributed by atoms with Crippen LogP contribution in [0.3, 0.4) is 0 Å². The Balaban J connectivity index is 1.76. The molecule has 0 aromatic rings. The number of carbonyl (C=O) groups excluding carboxylic acids is 1. The highest BCUT2D eigenvalue weighted by Crippen LogP contribution is 2.75. The topological polar surface area (TPSA) is 210 Å². The zero-order valence-electron chi connectivity index (χ0n) is 24.3. The van der Waals surface area contributed by atoms with Gasteiger partial charge in [-0.25, -0.2) is 0 Å². The summed E-state index contributed by atoms with van der Waals surface area (Å²) in [6.07, 6.45) is 3.69. The van der Waals surface area contributed by atoms with Crippen molar-refractivity contribution in [1.82, 2.24) is 5.06 Å². The van der Waals surface area contributed by atoms with Crippen molar-refractivity contribution in [3.63, 3.8) is 0 Å². The molecular formula is C26H34ClN4O12-. The van der Waals surface area contributed by atoms with E-state index in [2.05, 4.69) is 0 Å². The Labute approximate surface area is 251 Å². The lowest BCUT2D eigenvalue weighted by Gasteiger charge is -2.67. The number of hydrogen-bond acceptors (Lipinski definition) is 13. The van der Waals surface area contributed by atoms with E-state index < -0.39 is 78.3 Å². The van der Waals surface area contributed by atoms with Gasteiger partial charge in [0, 0.05) is 16.4 Å². The maximum absolute atomic E-state index is 14.1. The molecular weight excluding hydrogens is 596 g/mol. The first kappa shape index (κ1) is 31.3. The van der Waals surface area contributed by atoms with E-state index in [1.807, 2.05) is 0 Å². The molecule has 238 valence electrons. The zero-order chi connectivity index (χ0) is 32.0. The molecule has 0 amide bonds. The summed E-state index contributed by atoms with van der Waals surface area (Å²) in [6.45, 7) is 6.76. The summed E-state index contributed by atoms with van der Waals surface area (Å²) in [5, 5.41) is 47.1. The van der Waals surface area contributed by atoms with Gasteiger partial charge in [-0.1, -0.05) is 32.4 Å². The van der Waals surface area contributed by atoms with Crippen molar-refractivity contribution >= 4 is 17.4 Å². The van der Waals surface area contributed by atoms with Crippen molar-refractivity contribution in [3.8, 4) is 0 Å². The summed E-state index contributed by atoms with van der Waals surface area (Å²) in [5.74, 6) is -2.27. The minimum atomic E-state index is -2.41. The molecule has 4 fully saturated rings. The second-order valence-corrected chi connectivity index (χ2v) is 14.1. The van der Waals surface area contributed by atoms with E-state index in [1.54, 1.807) is 26.8 Å². The van der Waals surface area contributed by atoms with Crippen molar-refractivity contribution in [1.29, 1.82) is 0 Å². The fourth-order valence-electron chi connectivity index (χ4n) is 9.44. The van der Waals surface area contributed by atoms with E-state index in [9.17, 15) is 40.3 Å². The average molecular weight is 630 g/mol. The lowest BCUT2D eigenvalue weighted by atomic mass is 9.45. The first-order chi connectivity index (χ1) is 19.8. The molecule has 43 heavy (non-hydrogen) atoms. The van der Waals surface area contributed by atoms with E-state index in [0.717, 1.165) is 0 Å². The number of rotatable bonds is 8. The summed E-state index contributed by atoms with van der Waals surface area (Å²) in [4.78, 5) is 62.2. The number of hydrogen-bond donors (Lipinski definition) is 0. The van der Waals surface area contributed by atoms with Crippen LogP contribution in [0.5, 0.6) is 0 Å². The minimum Gasteiger partial charge on any atom is -0.783 e. The molecule has 16 nitrogen and oxygen atoms in total. The first-order valence-corrected chi connectivity index (χ1v) is 14.4. The highest BCUT2D eigenvalue weighted by Gasteiger charge is 2.81. The number of hydroxylamine groups is 2. The molecule has 9 atom stereocenters. The smallest absolute Gasteiger partial charge is 0.295 e. The molecule has 3 unspecified atom stereocenters. The van der Waals surface area contributed by atoms with Crippen molar-refractivity contribution in [2.24, 2.45) is 28.6 Å². The van der Waals surface area contributed by atoms with Gasteiger partial charge in [0.05, 0.1) is 11.5 Å². The minimum absolute atomic E-state index is 0.199. The van der Waals surface area contributed by atoms with Crippen molar-refractivity contribution in [2.45, 2.75) is 88.1 Å². The van der Waals surface area contributed by atoms with E-state index in [4.69, 9.17) is 30.9 Å². The van der Waals surface area contributed by atoms with Gasteiger partial charge in [0.25, 0.3) is 15.3 Å². The Hall–Kier alpha value is -3.08. The predicted molar refractivity (Wildman–Crippen MR) is 145 cm³/mol. The SMILES string of the molecule is C[C@H]1CC2C3CCC4=CC(=O)C=C[C@]4(C)[C@@]3(Cl)[C@@H](O[N+](=O)[O-])C[C@]2(C)[C@@]1(O[N+](=O)[O-])C1(CO[N+](=O)[O-])OCC(C)(C)N1[O-]. The van der Waals surface area contributed by atoms with Crippen molar-refractivity contribution < 1.29 is 39.3 Å². The number of nitrogens with zero attached hydrogens (tertiary/aromatic N) is 4. The Bertz CT molecular complexity index is 1330. The second-order valence-electron chi connectivity index (χ2n) is 13.4. The zero-order valence-corrected chi connectivity index (χ0v) is 25.1. The third-order valence-corrected chi connectivity index (χ3v) is 12.0.